The predicted molar refractivity (Wildman–Crippen MR) is 30.0 cm³/mol. The van der Waals surface area contributed by atoms with Crippen LogP contribution in [-0.4, -0.2) is 31.3 Å². The molecule has 0 heterocycles. The van der Waals surface area contributed by atoms with Gasteiger partial charge in [-0.3, -0.25) is 4.79 Å². The normalized spacial score (nSPS) is 7.00. The number of hydrogen-bond acceptors (Lipinski definition) is 2. The molecule has 0 spiro atoms. The Hall–Kier alpha value is 0.0274. The fourth-order valence-corrected chi connectivity index (χ4v) is 0.142. The molecule has 0 aromatic carbocycles. The summed E-state index contributed by atoms with van der Waals surface area (Å²) < 4.78 is 0. The van der Waals surface area contributed by atoms with Gasteiger partial charge in [0, 0.05) is 13.0 Å². The fourth-order valence-electron chi connectivity index (χ4n) is 0.142. The van der Waals surface area contributed by atoms with Crippen molar-refractivity contribution in [3.05, 3.63) is 0 Å². The molecule has 0 unspecified atom stereocenters. The van der Waals surface area contributed by atoms with Gasteiger partial charge in [0.1, 0.15) is 0 Å². The van der Waals surface area contributed by atoms with Gasteiger partial charge in [0.05, 0.1) is 0 Å². The molecular weight excluding hydrogens is 87.0 g/mol. The van der Waals surface area contributed by atoms with Crippen molar-refractivity contribution < 1.29 is 4.79 Å². The summed E-state index contributed by atoms with van der Waals surface area (Å²) in [4.78, 5) is 9.74. The van der Waals surface area contributed by atoms with Crippen LogP contribution >= 0.6 is 0 Å². The van der Waals surface area contributed by atoms with Crippen molar-refractivity contribution >= 4 is 24.8 Å². The van der Waals surface area contributed by atoms with Gasteiger partial charge in [-0.1, -0.05) is 0 Å². The predicted octanol–water partition coefficient (Wildman–Crippen LogP) is -1.83. The maximum absolute atomic E-state index is 9.74. The van der Waals surface area contributed by atoms with Crippen molar-refractivity contribution in [2.45, 2.75) is 6.42 Å². The molecule has 0 radical (unpaired) electrons. The molecule has 0 bridgehead atoms. The van der Waals surface area contributed by atoms with Gasteiger partial charge in [-0.25, -0.2) is 0 Å². The number of rotatable bonds is 2. The number of carbonyl (C=O) groups excluding carboxylic acids is 1. The van der Waals surface area contributed by atoms with Crippen LogP contribution in [0.15, 0.2) is 0 Å². The molecule has 0 atom stereocenters. The number of primary amides is 1. The van der Waals surface area contributed by atoms with Crippen LogP contribution in [0.5, 0.6) is 0 Å². The topological polar surface area (TPSA) is 69.1 Å². The molecule has 0 aliphatic heterocycles. The van der Waals surface area contributed by atoms with E-state index in [9.17, 15) is 4.79 Å². The Kier molecular flexibility index (Phi) is 8.70. The molecular formula is C3H9LiN2O. The first-order valence-corrected chi connectivity index (χ1v) is 1.75. The molecule has 0 aromatic heterocycles. The Morgan fingerprint density at radius 3 is 2.00 bits per heavy atom. The molecule has 0 aromatic rings. The summed E-state index contributed by atoms with van der Waals surface area (Å²) in [6, 6.07) is 0. The van der Waals surface area contributed by atoms with Crippen LogP contribution in [0, 0.1) is 0 Å². The van der Waals surface area contributed by atoms with Crippen molar-refractivity contribution in [2.24, 2.45) is 11.5 Å². The van der Waals surface area contributed by atoms with Crippen molar-refractivity contribution in [3.63, 3.8) is 0 Å². The molecule has 0 saturated heterocycles. The van der Waals surface area contributed by atoms with Gasteiger partial charge in [-0.05, 0) is 0 Å². The first-order chi connectivity index (χ1) is 2.77. The Morgan fingerprint density at radius 2 is 2.00 bits per heavy atom. The maximum atomic E-state index is 9.74. The second-order valence-electron chi connectivity index (χ2n) is 1.00. The summed E-state index contributed by atoms with van der Waals surface area (Å²) in [6.45, 7) is 0.356. The van der Waals surface area contributed by atoms with Crippen molar-refractivity contribution in [2.75, 3.05) is 6.54 Å². The second kappa shape index (κ2) is 6.03. The van der Waals surface area contributed by atoms with Crippen molar-refractivity contribution in [3.8, 4) is 0 Å². The van der Waals surface area contributed by atoms with E-state index in [-0.39, 0.29) is 24.8 Å². The average Bonchev–Trinajstić information content (AvgIpc) is 1.35. The van der Waals surface area contributed by atoms with Gasteiger partial charge in [0.2, 0.25) is 5.91 Å². The molecule has 4 heteroatoms. The minimum atomic E-state index is -0.336. The molecule has 0 rings (SSSR count). The zero-order valence-corrected chi connectivity index (χ0v) is 3.48. The first kappa shape index (κ1) is 10.1. The van der Waals surface area contributed by atoms with E-state index >= 15 is 0 Å². The summed E-state index contributed by atoms with van der Waals surface area (Å²) in [5, 5.41) is 0. The molecule has 0 saturated carbocycles. The molecule has 3 nitrogen and oxygen atoms in total. The standard InChI is InChI=1S/C3H8N2O.Li.H/c4-2-1-3(5)6;;/h1-2,4H2,(H2,5,6);;. The Bertz CT molecular complexity index is 56.9. The van der Waals surface area contributed by atoms with E-state index in [0.717, 1.165) is 0 Å². The third kappa shape index (κ3) is 10.7. The minimum absolute atomic E-state index is 0. The number of carbonyl (C=O) groups is 1. The van der Waals surface area contributed by atoms with Crippen molar-refractivity contribution in [1.29, 1.82) is 0 Å². The van der Waals surface area contributed by atoms with E-state index in [2.05, 4.69) is 5.73 Å². The summed E-state index contributed by atoms with van der Waals surface area (Å²) in [5.41, 5.74) is 9.61. The van der Waals surface area contributed by atoms with Crippen LogP contribution in [0.25, 0.3) is 0 Å². The van der Waals surface area contributed by atoms with E-state index in [0.29, 0.717) is 13.0 Å². The molecule has 0 aliphatic rings. The van der Waals surface area contributed by atoms with E-state index in [1.54, 1.807) is 0 Å². The second-order valence-corrected chi connectivity index (χ2v) is 1.00. The van der Waals surface area contributed by atoms with E-state index in [1.165, 1.54) is 0 Å². The van der Waals surface area contributed by atoms with Crippen LogP contribution < -0.4 is 11.5 Å². The van der Waals surface area contributed by atoms with Gasteiger partial charge in [0.15, 0.2) is 0 Å². The third-order valence-electron chi connectivity index (χ3n) is 0.391. The quantitative estimate of drug-likeness (QED) is 0.397. The Balaban J connectivity index is 0. The van der Waals surface area contributed by atoms with Gasteiger partial charge >= 0.3 is 18.9 Å². The Labute approximate surface area is 54.6 Å². The first-order valence-electron chi connectivity index (χ1n) is 1.75. The van der Waals surface area contributed by atoms with Crippen LogP contribution in [0.3, 0.4) is 0 Å². The van der Waals surface area contributed by atoms with E-state index < -0.39 is 0 Å². The molecule has 0 fully saturated rings. The zero-order valence-electron chi connectivity index (χ0n) is 3.48. The number of nitrogens with two attached hydrogens (primary N) is 2. The Morgan fingerprint density at radius 1 is 1.57 bits per heavy atom. The zero-order chi connectivity index (χ0) is 4.99. The van der Waals surface area contributed by atoms with Gasteiger partial charge in [0.25, 0.3) is 0 Å². The summed E-state index contributed by atoms with van der Waals surface area (Å²) in [6.07, 6.45) is 0.292. The van der Waals surface area contributed by atoms with Gasteiger partial charge < -0.3 is 11.5 Å². The van der Waals surface area contributed by atoms with E-state index in [1.807, 2.05) is 0 Å². The molecule has 7 heavy (non-hydrogen) atoms. The fraction of sp³-hybridized carbons (Fsp3) is 0.667. The van der Waals surface area contributed by atoms with Crippen LogP contribution in [0.2, 0.25) is 0 Å². The van der Waals surface area contributed by atoms with Gasteiger partial charge in [-0.2, -0.15) is 0 Å². The average molecular weight is 96.1 g/mol. The van der Waals surface area contributed by atoms with Crippen LogP contribution in [-0.2, 0) is 4.79 Å². The van der Waals surface area contributed by atoms with Crippen LogP contribution in [0.1, 0.15) is 6.42 Å². The third-order valence-corrected chi connectivity index (χ3v) is 0.391. The molecule has 1 amide bonds. The molecule has 4 N–H and O–H groups in total. The number of hydrogen-bond donors (Lipinski definition) is 2. The van der Waals surface area contributed by atoms with E-state index in [4.69, 9.17) is 5.73 Å². The SMILES string of the molecule is NCCC(N)=O.[LiH]. The van der Waals surface area contributed by atoms with Crippen molar-refractivity contribution in [1.82, 2.24) is 0 Å². The summed E-state index contributed by atoms with van der Waals surface area (Å²) in [7, 11) is 0. The monoisotopic (exact) mass is 96.1 g/mol. The summed E-state index contributed by atoms with van der Waals surface area (Å²) >= 11 is 0. The molecule has 0 aliphatic carbocycles. The van der Waals surface area contributed by atoms with Gasteiger partial charge in [-0.15, -0.1) is 0 Å². The molecule has 38 valence electrons. The summed E-state index contributed by atoms with van der Waals surface area (Å²) in [5.74, 6) is -0.336. The number of amides is 1. The van der Waals surface area contributed by atoms with Crippen LogP contribution in [0.4, 0.5) is 0 Å².